The summed E-state index contributed by atoms with van der Waals surface area (Å²) >= 11 is 3.52. The van der Waals surface area contributed by atoms with Gasteiger partial charge in [-0.25, -0.2) is 9.97 Å². The number of hydrogen-bond acceptors (Lipinski definition) is 2. The van der Waals surface area contributed by atoms with Crippen LogP contribution in [0.4, 0.5) is 0 Å². The predicted molar refractivity (Wildman–Crippen MR) is 109 cm³/mol. The summed E-state index contributed by atoms with van der Waals surface area (Å²) in [5, 5.41) is 0. The molecule has 0 unspecified atom stereocenters. The van der Waals surface area contributed by atoms with Crippen molar-refractivity contribution in [3.63, 3.8) is 0 Å². The maximum Gasteiger partial charge on any atom is 0.160 e. The lowest BCUT2D eigenvalue weighted by Crippen LogP contribution is -1.98. The second-order valence-electron chi connectivity index (χ2n) is 5.40. The molecule has 0 saturated carbocycles. The highest BCUT2D eigenvalue weighted by molar-refractivity contribution is 9.10. The van der Waals surface area contributed by atoms with E-state index in [1.807, 2.05) is 66.7 Å². The van der Waals surface area contributed by atoms with Crippen LogP contribution in [0.1, 0.15) is 5.82 Å². The van der Waals surface area contributed by atoms with Gasteiger partial charge in [0, 0.05) is 21.2 Å². The molecule has 1 heterocycles. The van der Waals surface area contributed by atoms with E-state index in [4.69, 9.17) is 9.97 Å². The summed E-state index contributed by atoms with van der Waals surface area (Å²) in [6.07, 6.45) is 5.33. The van der Waals surface area contributed by atoms with Crippen molar-refractivity contribution in [2.24, 2.45) is 0 Å². The smallest absolute Gasteiger partial charge is 0.160 e. The van der Waals surface area contributed by atoms with E-state index in [0.717, 1.165) is 32.6 Å². The van der Waals surface area contributed by atoms with Crippen LogP contribution in [0.2, 0.25) is 0 Å². The van der Waals surface area contributed by atoms with Gasteiger partial charge in [-0.2, -0.15) is 0 Å². The van der Waals surface area contributed by atoms with Gasteiger partial charge in [-0.1, -0.05) is 89.8 Å². The van der Waals surface area contributed by atoms with Crippen LogP contribution in [0.5, 0.6) is 0 Å². The molecule has 2 nitrogen and oxygen atoms in total. The van der Waals surface area contributed by atoms with E-state index >= 15 is 0 Å². The quantitative estimate of drug-likeness (QED) is 0.477. The summed E-state index contributed by atoms with van der Waals surface area (Å²) in [5.74, 6) is 0.631. The third kappa shape index (κ3) is 4.01. The highest BCUT2D eigenvalue weighted by atomic mass is 79.9. The van der Waals surface area contributed by atoms with E-state index in [1.165, 1.54) is 0 Å². The van der Waals surface area contributed by atoms with E-state index in [2.05, 4.69) is 29.1 Å². The number of allylic oxidation sites excluding steroid dienone is 4. The fourth-order valence-corrected chi connectivity index (χ4v) is 2.89. The van der Waals surface area contributed by atoms with Crippen LogP contribution in [0.3, 0.4) is 0 Å². The zero-order valence-electron chi connectivity index (χ0n) is 13.7. The first-order valence-corrected chi connectivity index (χ1v) is 8.66. The standard InChI is InChI=1S/C22H17BrN2/c1-3-9-16(4-2)22-24-20(17-10-6-5-7-11-17)15-21(25-22)18-12-8-13-19(23)14-18/h3-15H,1-2H2/b16-9+. The first kappa shape index (κ1) is 17.1. The van der Waals surface area contributed by atoms with Gasteiger partial charge in [-0.15, -0.1) is 0 Å². The molecule has 0 spiro atoms. The summed E-state index contributed by atoms with van der Waals surface area (Å²) in [4.78, 5) is 9.47. The van der Waals surface area contributed by atoms with Crippen LogP contribution in [0.25, 0.3) is 28.1 Å². The molecule has 0 aliphatic carbocycles. The fourth-order valence-electron chi connectivity index (χ4n) is 2.49. The zero-order chi connectivity index (χ0) is 17.6. The largest absolute Gasteiger partial charge is 0.228 e. The summed E-state index contributed by atoms with van der Waals surface area (Å²) in [7, 11) is 0. The Bertz CT molecular complexity index is 943. The van der Waals surface area contributed by atoms with Crippen molar-refractivity contribution in [3.05, 3.63) is 102 Å². The third-order valence-corrected chi connectivity index (χ3v) is 4.18. The van der Waals surface area contributed by atoms with Gasteiger partial charge in [0.05, 0.1) is 11.4 Å². The lowest BCUT2D eigenvalue weighted by molar-refractivity contribution is 1.13. The average molecular weight is 389 g/mol. The van der Waals surface area contributed by atoms with Gasteiger partial charge in [-0.3, -0.25) is 0 Å². The highest BCUT2D eigenvalue weighted by Crippen LogP contribution is 2.27. The van der Waals surface area contributed by atoms with Crippen molar-refractivity contribution >= 4 is 21.5 Å². The third-order valence-electron chi connectivity index (χ3n) is 3.69. The SMILES string of the molecule is C=C/C=C(\C=C)c1nc(-c2ccccc2)cc(-c2cccc(Br)c2)n1. The van der Waals surface area contributed by atoms with Crippen LogP contribution in [0.15, 0.2) is 96.5 Å². The predicted octanol–water partition coefficient (Wildman–Crippen LogP) is 6.33. The van der Waals surface area contributed by atoms with Crippen molar-refractivity contribution in [1.82, 2.24) is 9.97 Å². The van der Waals surface area contributed by atoms with Gasteiger partial charge in [0.25, 0.3) is 0 Å². The Morgan fingerprint density at radius 2 is 1.52 bits per heavy atom. The van der Waals surface area contributed by atoms with E-state index in [0.29, 0.717) is 5.82 Å². The lowest BCUT2D eigenvalue weighted by Gasteiger charge is -2.09. The molecular formula is C22H17BrN2. The number of rotatable bonds is 5. The van der Waals surface area contributed by atoms with Crippen molar-refractivity contribution in [2.45, 2.75) is 0 Å². The normalized spacial score (nSPS) is 11.2. The number of benzene rings is 2. The van der Waals surface area contributed by atoms with Crippen molar-refractivity contribution in [3.8, 4) is 22.5 Å². The average Bonchev–Trinajstić information content (AvgIpc) is 2.66. The molecule has 0 bridgehead atoms. The summed E-state index contributed by atoms with van der Waals surface area (Å²) in [6, 6.07) is 20.2. The van der Waals surface area contributed by atoms with Crippen LogP contribution in [-0.2, 0) is 0 Å². The Balaban J connectivity index is 2.23. The summed E-state index contributed by atoms with van der Waals surface area (Å²) < 4.78 is 1.01. The molecule has 3 heteroatoms. The highest BCUT2D eigenvalue weighted by Gasteiger charge is 2.10. The van der Waals surface area contributed by atoms with Crippen LogP contribution >= 0.6 is 15.9 Å². The Hall–Kier alpha value is -2.78. The van der Waals surface area contributed by atoms with Crippen LogP contribution in [0, 0.1) is 0 Å². The van der Waals surface area contributed by atoms with Crippen molar-refractivity contribution in [2.75, 3.05) is 0 Å². The minimum atomic E-state index is 0.631. The van der Waals surface area contributed by atoms with E-state index in [-0.39, 0.29) is 0 Å². The molecule has 0 radical (unpaired) electrons. The molecule has 2 aromatic carbocycles. The molecular weight excluding hydrogens is 372 g/mol. The summed E-state index contributed by atoms with van der Waals surface area (Å²) in [5.41, 5.74) is 4.64. The maximum atomic E-state index is 4.74. The minimum Gasteiger partial charge on any atom is -0.228 e. The van der Waals surface area contributed by atoms with E-state index < -0.39 is 0 Å². The molecule has 0 aliphatic rings. The molecule has 3 aromatic rings. The first-order valence-electron chi connectivity index (χ1n) is 7.87. The molecule has 0 amide bonds. The van der Waals surface area contributed by atoms with Gasteiger partial charge in [0.1, 0.15) is 0 Å². The topological polar surface area (TPSA) is 25.8 Å². The first-order chi connectivity index (χ1) is 12.2. The van der Waals surface area contributed by atoms with Gasteiger partial charge in [0.15, 0.2) is 5.82 Å². The van der Waals surface area contributed by atoms with Crippen LogP contribution in [-0.4, -0.2) is 9.97 Å². The Morgan fingerprint density at radius 3 is 2.16 bits per heavy atom. The van der Waals surface area contributed by atoms with E-state index in [9.17, 15) is 0 Å². The number of halogens is 1. The van der Waals surface area contributed by atoms with Gasteiger partial charge in [0.2, 0.25) is 0 Å². The Kier molecular flexibility index (Phi) is 5.36. The van der Waals surface area contributed by atoms with Crippen molar-refractivity contribution < 1.29 is 0 Å². The molecule has 0 N–H and O–H groups in total. The van der Waals surface area contributed by atoms with Crippen LogP contribution < -0.4 is 0 Å². The molecule has 1 aromatic heterocycles. The fraction of sp³-hybridized carbons (Fsp3) is 0. The molecule has 0 fully saturated rings. The zero-order valence-corrected chi connectivity index (χ0v) is 15.3. The maximum absolute atomic E-state index is 4.74. The van der Waals surface area contributed by atoms with Gasteiger partial charge in [-0.05, 0) is 18.2 Å². The minimum absolute atomic E-state index is 0.631. The number of nitrogens with zero attached hydrogens (tertiary/aromatic N) is 2. The van der Waals surface area contributed by atoms with Gasteiger partial charge < -0.3 is 0 Å². The van der Waals surface area contributed by atoms with Crippen molar-refractivity contribution in [1.29, 1.82) is 0 Å². The number of hydrogen-bond donors (Lipinski definition) is 0. The lowest BCUT2D eigenvalue weighted by atomic mass is 10.1. The Morgan fingerprint density at radius 1 is 0.840 bits per heavy atom. The molecule has 0 aliphatic heterocycles. The Labute approximate surface area is 156 Å². The molecule has 0 saturated heterocycles. The monoisotopic (exact) mass is 388 g/mol. The van der Waals surface area contributed by atoms with Gasteiger partial charge >= 0.3 is 0 Å². The summed E-state index contributed by atoms with van der Waals surface area (Å²) in [6.45, 7) is 7.63. The van der Waals surface area contributed by atoms with E-state index in [1.54, 1.807) is 12.2 Å². The molecule has 0 atom stereocenters. The molecule has 25 heavy (non-hydrogen) atoms. The number of aromatic nitrogens is 2. The second kappa shape index (κ2) is 7.86. The molecule has 3 rings (SSSR count). The second-order valence-corrected chi connectivity index (χ2v) is 6.32. The molecule has 122 valence electrons.